The topological polar surface area (TPSA) is 77.3 Å². The lowest BCUT2D eigenvalue weighted by Gasteiger charge is -1.99. The molecule has 0 atom stereocenters. The minimum atomic E-state index is -5.58. The first kappa shape index (κ1) is 11.4. The number of nitro groups is 1. The number of hydrogen-bond donors (Lipinski definition) is 0. The molecule has 0 unspecified atom stereocenters. The maximum atomic E-state index is 12.8. The van der Waals surface area contributed by atoms with Crippen molar-refractivity contribution in [1.82, 2.24) is 0 Å². The fourth-order valence-corrected chi connectivity index (χ4v) is 1.47. The van der Waals surface area contributed by atoms with Crippen LogP contribution in [-0.4, -0.2) is 13.3 Å². The predicted molar refractivity (Wildman–Crippen MR) is 41.3 cm³/mol. The fourth-order valence-electron chi connectivity index (χ4n) is 0.885. The minimum Gasteiger partial charge on any atom is -0.258 e. The second-order valence-corrected chi connectivity index (χ2v) is 3.72. The van der Waals surface area contributed by atoms with Crippen LogP contribution in [0.15, 0.2) is 17.0 Å². The molecule has 0 fully saturated rings. The third kappa shape index (κ3) is 2.24. The summed E-state index contributed by atoms with van der Waals surface area (Å²) in [4.78, 5) is 7.13. The highest BCUT2D eigenvalue weighted by molar-refractivity contribution is 7.86. The number of nitrogens with zero attached hydrogens (tertiary/aromatic N) is 1. The summed E-state index contributed by atoms with van der Waals surface area (Å²) in [5, 5.41) is 10.1. The highest BCUT2D eigenvalue weighted by Gasteiger charge is 2.26. The average molecular weight is 241 g/mol. The molecule has 0 aromatic heterocycles. The summed E-state index contributed by atoms with van der Waals surface area (Å²) in [7, 11) is -5.58. The molecular weight excluding hydrogens is 239 g/mol. The number of non-ortho nitro benzene ring substituents is 1. The normalized spacial score (nSPS) is 11.4. The highest BCUT2D eigenvalue weighted by Crippen LogP contribution is 2.25. The van der Waals surface area contributed by atoms with E-state index in [1.807, 2.05) is 0 Å². The van der Waals surface area contributed by atoms with Crippen LogP contribution in [0.25, 0.3) is 0 Å². The first-order valence-corrected chi connectivity index (χ1v) is 4.70. The summed E-state index contributed by atoms with van der Waals surface area (Å²) >= 11 is 0. The van der Waals surface area contributed by atoms with Crippen molar-refractivity contribution in [3.05, 3.63) is 33.9 Å². The first-order valence-electron chi connectivity index (χ1n) is 3.31. The van der Waals surface area contributed by atoms with Crippen LogP contribution < -0.4 is 0 Å². The Balaban J connectivity index is 3.55. The molecule has 0 amide bonds. The van der Waals surface area contributed by atoms with Crippen LogP contribution >= 0.6 is 0 Å². The zero-order chi connectivity index (χ0) is 11.8. The summed E-state index contributed by atoms with van der Waals surface area (Å²) in [5.41, 5.74) is -1.00. The van der Waals surface area contributed by atoms with Gasteiger partial charge in [0.2, 0.25) is 0 Å². The Bertz CT molecular complexity index is 504. The van der Waals surface area contributed by atoms with E-state index in [0.29, 0.717) is 0 Å². The molecule has 0 aliphatic carbocycles. The molecule has 5 nitrogen and oxygen atoms in total. The predicted octanol–water partition coefficient (Wildman–Crippen LogP) is 1.53. The molecule has 1 rings (SSSR count). The van der Waals surface area contributed by atoms with Gasteiger partial charge in [-0.2, -0.15) is 8.42 Å². The van der Waals surface area contributed by atoms with Gasteiger partial charge < -0.3 is 0 Å². The molecule has 82 valence electrons. The lowest BCUT2D eigenvalue weighted by atomic mass is 10.3. The maximum Gasteiger partial charge on any atom is 0.337 e. The smallest absolute Gasteiger partial charge is 0.258 e. The molecule has 1 aromatic rings. The Kier molecular flexibility index (Phi) is 2.67. The van der Waals surface area contributed by atoms with Gasteiger partial charge in [-0.15, -0.1) is 3.89 Å². The number of halogens is 3. The minimum absolute atomic E-state index is 0.121. The molecule has 0 saturated carbocycles. The molecular formula is C6H2F3NO4S. The van der Waals surface area contributed by atoms with Gasteiger partial charge in [-0.3, -0.25) is 10.1 Å². The largest absolute Gasteiger partial charge is 0.337 e. The second-order valence-electron chi connectivity index (χ2n) is 2.43. The second kappa shape index (κ2) is 3.50. The Morgan fingerprint density at radius 3 is 1.87 bits per heavy atom. The molecule has 0 heterocycles. The zero-order valence-corrected chi connectivity index (χ0v) is 7.59. The van der Waals surface area contributed by atoms with Gasteiger partial charge in [-0.1, -0.05) is 0 Å². The first-order chi connectivity index (χ1) is 6.73. The molecule has 1 aromatic carbocycles. The van der Waals surface area contributed by atoms with E-state index in [2.05, 4.69) is 0 Å². The quantitative estimate of drug-likeness (QED) is 0.447. The lowest BCUT2D eigenvalue weighted by molar-refractivity contribution is -0.385. The van der Waals surface area contributed by atoms with E-state index in [1.54, 1.807) is 0 Å². The molecule has 0 saturated heterocycles. The molecule has 0 aliphatic heterocycles. The van der Waals surface area contributed by atoms with Gasteiger partial charge in [0, 0.05) is 0 Å². The van der Waals surface area contributed by atoms with Gasteiger partial charge in [0.1, 0.15) is 0 Å². The van der Waals surface area contributed by atoms with Crippen LogP contribution in [0.2, 0.25) is 0 Å². The van der Waals surface area contributed by atoms with Gasteiger partial charge in [-0.05, 0) is 0 Å². The van der Waals surface area contributed by atoms with Crippen LogP contribution in [0, 0.1) is 21.7 Å². The monoisotopic (exact) mass is 241 g/mol. The summed E-state index contributed by atoms with van der Waals surface area (Å²) in [5.74, 6) is -3.69. The number of nitro benzene ring substituents is 1. The molecule has 0 bridgehead atoms. The summed E-state index contributed by atoms with van der Waals surface area (Å²) in [6, 6.07) is 0.241. The Labute approximate surface area is 81.5 Å². The third-order valence-electron chi connectivity index (χ3n) is 1.44. The Hall–Kier alpha value is -1.64. The molecule has 15 heavy (non-hydrogen) atoms. The van der Waals surface area contributed by atoms with E-state index in [9.17, 15) is 31.2 Å². The third-order valence-corrected chi connectivity index (χ3v) is 2.32. The number of benzene rings is 1. The van der Waals surface area contributed by atoms with Crippen molar-refractivity contribution in [3.63, 3.8) is 0 Å². The zero-order valence-electron chi connectivity index (χ0n) is 6.78. The van der Waals surface area contributed by atoms with E-state index in [1.165, 1.54) is 0 Å². The molecule has 0 aliphatic rings. The van der Waals surface area contributed by atoms with E-state index >= 15 is 0 Å². The maximum absolute atomic E-state index is 12.8. The number of hydrogen-bond acceptors (Lipinski definition) is 4. The van der Waals surface area contributed by atoms with Crippen molar-refractivity contribution in [2.75, 3.05) is 0 Å². The summed E-state index contributed by atoms with van der Waals surface area (Å²) in [6.07, 6.45) is 0. The van der Waals surface area contributed by atoms with Gasteiger partial charge >= 0.3 is 10.2 Å². The lowest BCUT2D eigenvalue weighted by Crippen LogP contribution is -2.02. The highest BCUT2D eigenvalue weighted by atomic mass is 32.3. The van der Waals surface area contributed by atoms with E-state index in [4.69, 9.17) is 0 Å². The van der Waals surface area contributed by atoms with Gasteiger partial charge in [-0.25, -0.2) is 8.78 Å². The summed E-state index contributed by atoms with van der Waals surface area (Å²) < 4.78 is 58.4. The fraction of sp³-hybridized carbons (Fsp3) is 0. The van der Waals surface area contributed by atoms with Crippen LogP contribution in [0.3, 0.4) is 0 Å². The van der Waals surface area contributed by atoms with Crippen molar-refractivity contribution in [2.24, 2.45) is 0 Å². The molecule has 0 radical (unpaired) electrons. The van der Waals surface area contributed by atoms with Crippen LogP contribution in [-0.2, 0) is 10.2 Å². The van der Waals surface area contributed by atoms with Crippen LogP contribution in [0.1, 0.15) is 0 Å². The number of rotatable bonds is 2. The van der Waals surface area contributed by atoms with Crippen molar-refractivity contribution in [1.29, 1.82) is 0 Å². The van der Waals surface area contributed by atoms with Crippen LogP contribution in [0.4, 0.5) is 18.4 Å². The van der Waals surface area contributed by atoms with Gasteiger partial charge in [0.15, 0.2) is 16.5 Å². The molecule has 0 spiro atoms. The summed E-state index contributed by atoms with van der Waals surface area (Å²) in [6.45, 7) is 0. The van der Waals surface area contributed by atoms with Crippen molar-refractivity contribution >= 4 is 15.9 Å². The van der Waals surface area contributed by atoms with Crippen LogP contribution in [0.5, 0.6) is 0 Å². The molecule has 0 N–H and O–H groups in total. The van der Waals surface area contributed by atoms with E-state index in [-0.39, 0.29) is 12.1 Å². The van der Waals surface area contributed by atoms with Crippen molar-refractivity contribution in [3.8, 4) is 0 Å². The van der Waals surface area contributed by atoms with E-state index in [0.717, 1.165) is 0 Å². The SMILES string of the molecule is O=[N+]([O-])c1cc(F)c(S(=O)(=O)F)c(F)c1. The van der Waals surface area contributed by atoms with Crippen molar-refractivity contribution < 1.29 is 26.0 Å². The standard InChI is InChI=1S/C6H2F3NO4S/c7-4-1-3(10(11)12)2-5(8)6(4)15(9,13)14/h1-2H. The van der Waals surface area contributed by atoms with E-state index < -0.39 is 37.4 Å². The Morgan fingerprint density at radius 2 is 1.60 bits per heavy atom. The van der Waals surface area contributed by atoms with Gasteiger partial charge in [0.05, 0.1) is 17.1 Å². The van der Waals surface area contributed by atoms with Crippen molar-refractivity contribution in [2.45, 2.75) is 4.90 Å². The molecule has 9 heteroatoms. The Morgan fingerprint density at radius 1 is 1.20 bits per heavy atom. The average Bonchev–Trinajstić information content (AvgIpc) is 1.99. The van der Waals surface area contributed by atoms with Gasteiger partial charge in [0.25, 0.3) is 5.69 Å².